The second kappa shape index (κ2) is 3.37. The highest BCUT2D eigenvalue weighted by molar-refractivity contribution is 5.59. The highest BCUT2D eigenvalue weighted by Crippen LogP contribution is 2.46. The molecule has 0 fully saturated rings. The molecule has 0 aliphatic carbocycles. The minimum absolute atomic E-state index is 0.441. The van der Waals surface area contributed by atoms with Gasteiger partial charge in [0.25, 0.3) is 0 Å². The second-order valence-corrected chi connectivity index (χ2v) is 3.52. The zero-order valence-corrected chi connectivity index (χ0v) is 8.55. The van der Waals surface area contributed by atoms with Gasteiger partial charge in [-0.15, -0.1) is 0 Å². The fraction of sp³-hybridized carbons (Fsp3) is 0.0909. The smallest absolute Gasteiger partial charge is 0.246 e. The van der Waals surface area contributed by atoms with Crippen molar-refractivity contribution in [2.24, 2.45) is 0 Å². The highest BCUT2D eigenvalue weighted by atomic mass is 16.4. The van der Waals surface area contributed by atoms with Crippen molar-refractivity contribution in [3.05, 3.63) is 29.8 Å². The van der Waals surface area contributed by atoms with E-state index in [-0.39, 0.29) is 0 Å². The van der Waals surface area contributed by atoms with Crippen molar-refractivity contribution in [3.8, 4) is 28.9 Å². The van der Waals surface area contributed by atoms with Gasteiger partial charge in [-0.3, -0.25) is 0 Å². The molecule has 0 aliphatic heterocycles. The van der Waals surface area contributed by atoms with E-state index in [0.29, 0.717) is 5.69 Å². The summed E-state index contributed by atoms with van der Waals surface area (Å²) in [6.07, 6.45) is 0. The predicted molar refractivity (Wildman–Crippen MR) is 57.2 cm³/mol. The lowest BCUT2D eigenvalue weighted by Gasteiger charge is -2.06. The third kappa shape index (κ3) is 1.33. The summed E-state index contributed by atoms with van der Waals surface area (Å²) in [7, 11) is 0. The van der Waals surface area contributed by atoms with Crippen LogP contribution in [0.1, 0.15) is 5.56 Å². The SMILES string of the molecule is Cc1ccc(-n2c(O)c(O)c(O)c2O)cc1. The molecule has 5 heteroatoms. The molecule has 0 atom stereocenters. The molecule has 0 radical (unpaired) electrons. The molecule has 0 amide bonds. The highest BCUT2D eigenvalue weighted by Gasteiger charge is 2.22. The van der Waals surface area contributed by atoms with Crippen LogP contribution in [0.2, 0.25) is 0 Å². The molecular formula is C11H11NO4. The number of hydrogen-bond donors (Lipinski definition) is 4. The Hall–Kier alpha value is -2.30. The molecule has 1 aromatic heterocycles. The third-order valence-corrected chi connectivity index (χ3v) is 2.36. The van der Waals surface area contributed by atoms with Crippen molar-refractivity contribution in [3.63, 3.8) is 0 Å². The summed E-state index contributed by atoms with van der Waals surface area (Å²) in [5, 5.41) is 37.5. The quantitative estimate of drug-likeness (QED) is 0.589. The molecule has 4 N–H and O–H groups in total. The average molecular weight is 221 g/mol. The van der Waals surface area contributed by atoms with E-state index in [4.69, 9.17) is 0 Å². The van der Waals surface area contributed by atoms with Crippen LogP contribution >= 0.6 is 0 Å². The molecule has 1 aromatic carbocycles. The Kier molecular flexibility index (Phi) is 2.16. The maximum atomic E-state index is 9.51. The zero-order chi connectivity index (χ0) is 11.9. The monoisotopic (exact) mass is 221 g/mol. The van der Waals surface area contributed by atoms with E-state index < -0.39 is 23.3 Å². The summed E-state index contributed by atoms with van der Waals surface area (Å²) < 4.78 is 0.949. The van der Waals surface area contributed by atoms with Gasteiger partial charge < -0.3 is 20.4 Å². The van der Waals surface area contributed by atoms with Gasteiger partial charge in [0.1, 0.15) is 0 Å². The Morgan fingerprint density at radius 2 is 1.25 bits per heavy atom. The van der Waals surface area contributed by atoms with Gasteiger partial charge in [-0.05, 0) is 19.1 Å². The number of benzene rings is 1. The average Bonchev–Trinajstić information content (AvgIpc) is 2.46. The van der Waals surface area contributed by atoms with Crippen LogP contribution in [0.15, 0.2) is 24.3 Å². The molecule has 0 aliphatic rings. The summed E-state index contributed by atoms with van der Waals surface area (Å²) in [6.45, 7) is 1.90. The lowest BCUT2D eigenvalue weighted by atomic mass is 10.2. The molecule has 0 unspecified atom stereocenters. The van der Waals surface area contributed by atoms with Gasteiger partial charge in [0.2, 0.25) is 23.3 Å². The van der Waals surface area contributed by atoms with Crippen molar-refractivity contribution in [1.82, 2.24) is 4.57 Å². The van der Waals surface area contributed by atoms with Gasteiger partial charge in [0.15, 0.2) is 0 Å². The first-order chi connectivity index (χ1) is 7.52. The first-order valence-electron chi connectivity index (χ1n) is 4.64. The summed E-state index contributed by atoms with van der Waals surface area (Å²) in [4.78, 5) is 0. The number of rotatable bonds is 1. The largest absolute Gasteiger partial charge is 0.500 e. The number of nitrogens with zero attached hydrogens (tertiary/aromatic N) is 1. The minimum Gasteiger partial charge on any atom is -0.500 e. The lowest BCUT2D eigenvalue weighted by molar-refractivity contribution is 0.363. The van der Waals surface area contributed by atoms with E-state index in [1.807, 2.05) is 6.92 Å². The fourth-order valence-corrected chi connectivity index (χ4v) is 1.46. The summed E-state index contributed by atoms with van der Waals surface area (Å²) in [6, 6.07) is 6.85. The zero-order valence-electron chi connectivity index (χ0n) is 8.55. The summed E-state index contributed by atoms with van der Waals surface area (Å²) >= 11 is 0. The van der Waals surface area contributed by atoms with E-state index in [2.05, 4.69) is 0 Å². The number of aryl methyl sites for hydroxylation is 1. The van der Waals surface area contributed by atoms with Crippen LogP contribution in [-0.4, -0.2) is 25.0 Å². The Balaban J connectivity index is 2.64. The number of aromatic nitrogens is 1. The van der Waals surface area contributed by atoms with E-state index in [1.54, 1.807) is 24.3 Å². The van der Waals surface area contributed by atoms with Gasteiger partial charge in [-0.2, -0.15) is 0 Å². The van der Waals surface area contributed by atoms with Gasteiger partial charge >= 0.3 is 0 Å². The Morgan fingerprint density at radius 1 is 0.812 bits per heavy atom. The van der Waals surface area contributed by atoms with Crippen LogP contribution in [-0.2, 0) is 0 Å². The van der Waals surface area contributed by atoms with Crippen molar-refractivity contribution < 1.29 is 20.4 Å². The van der Waals surface area contributed by atoms with Crippen LogP contribution < -0.4 is 0 Å². The molecule has 2 rings (SSSR count). The molecule has 0 saturated heterocycles. The maximum absolute atomic E-state index is 9.51. The van der Waals surface area contributed by atoms with Crippen LogP contribution in [0.3, 0.4) is 0 Å². The normalized spacial score (nSPS) is 10.6. The van der Waals surface area contributed by atoms with Gasteiger partial charge in [-0.25, -0.2) is 4.57 Å². The van der Waals surface area contributed by atoms with Crippen molar-refractivity contribution in [2.75, 3.05) is 0 Å². The topological polar surface area (TPSA) is 85.9 Å². The molecule has 5 nitrogen and oxygen atoms in total. The van der Waals surface area contributed by atoms with Crippen LogP contribution in [0.25, 0.3) is 5.69 Å². The van der Waals surface area contributed by atoms with Crippen molar-refractivity contribution >= 4 is 0 Å². The molecule has 2 aromatic rings. The summed E-state index contributed by atoms with van der Waals surface area (Å²) in [5.74, 6) is -2.67. The van der Waals surface area contributed by atoms with Gasteiger partial charge in [0.05, 0.1) is 5.69 Å². The Bertz CT molecular complexity index is 502. The standard InChI is InChI=1S/C11H11NO4/c1-6-2-4-7(5-3-6)12-10(15)8(13)9(14)11(12)16/h2-5,13-16H,1H3. The first-order valence-corrected chi connectivity index (χ1v) is 4.64. The Labute approximate surface area is 91.4 Å². The van der Waals surface area contributed by atoms with Gasteiger partial charge in [-0.1, -0.05) is 17.7 Å². The fourth-order valence-electron chi connectivity index (χ4n) is 1.46. The van der Waals surface area contributed by atoms with Crippen molar-refractivity contribution in [1.29, 1.82) is 0 Å². The molecule has 1 heterocycles. The van der Waals surface area contributed by atoms with E-state index in [0.717, 1.165) is 10.1 Å². The second-order valence-electron chi connectivity index (χ2n) is 3.52. The number of hydrogen-bond acceptors (Lipinski definition) is 4. The van der Waals surface area contributed by atoms with Crippen molar-refractivity contribution in [2.45, 2.75) is 6.92 Å². The van der Waals surface area contributed by atoms with Crippen LogP contribution in [0.4, 0.5) is 0 Å². The molecular weight excluding hydrogens is 210 g/mol. The first kappa shape index (κ1) is 10.2. The molecule has 84 valence electrons. The van der Waals surface area contributed by atoms with E-state index >= 15 is 0 Å². The molecule has 0 saturated carbocycles. The van der Waals surface area contributed by atoms with Crippen LogP contribution in [0.5, 0.6) is 23.3 Å². The van der Waals surface area contributed by atoms with E-state index in [1.165, 1.54) is 0 Å². The molecule has 16 heavy (non-hydrogen) atoms. The molecule has 0 spiro atoms. The Morgan fingerprint density at radius 3 is 1.69 bits per heavy atom. The van der Waals surface area contributed by atoms with Gasteiger partial charge in [0, 0.05) is 0 Å². The van der Waals surface area contributed by atoms with E-state index in [9.17, 15) is 20.4 Å². The van der Waals surface area contributed by atoms with Crippen LogP contribution in [0, 0.1) is 6.92 Å². The third-order valence-electron chi connectivity index (χ3n) is 2.36. The number of aromatic hydroxyl groups is 4. The summed E-state index contributed by atoms with van der Waals surface area (Å²) in [5.41, 5.74) is 1.46. The predicted octanol–water partition coefficient (Wildman–Crippen LogP) is 1.61. The maximum Gasteiger partial charge on any atom is 0.246 e. The minimum atomic E-state index is -0.738. The lowest BCUT2D eigenvalue weighted by Crippen LogP contribution is -1.92. The molecule has 0 bridgehead atoms.